The molecule has 0 saturated carbocycles. The van der Waals surface area contributed by atoms with Crippen molar-refractivity contribution >= 4 is 11.6 Å². The molecule has 0 unspecified atom stereocenters. The van der Waals surface area contributed by atoms with Crippen LogP contribution in [0.15, 0.2) is 30.6 Å². The lowest BCUT2D eigenvalue weighted by molar-refractivity contribution is -0.137. The summed E-state index contributed by atoms with van der Waals surface area (Å²) in [6.07, 6.45) is -1.97. The van der Waals surface area contributed by atoms with Gasteiger partial charge < -0.3 is 5.73 Å². The molecule has 0 atom stereocenters. The molecule has 0 fully saturated rings. The van der Waals surface area contributed by atoms with Crippen LogP contribution in [-0.4, -0.2) is 24.8 Å². The van der Waals surface area contributed by atoms with E-state index in [-0.39, 0.29) is 22.9 Å². The highest BCUT2D eigenvalue weighted by atomic mass is 19.4. The third-order valence-electron chi connectivity index (χ3n) is 2.67. The van der Waals surface area contributed by atoms with E-state index in [4.69, 9.17) is 5.73 Å². The smallest absolute Gasteiger partial charge is 0.366 e. The fourth-order valence-electron chi connectivity index (χ4n) is 1.80. The van der Waals surface area contributed by atoms with Gasteiger partial charge in [-0.3, -0.25) is 4.98 Å². The number of hydrogen-bond acceptors (Lipinski definition) is 5. The second kappa shape index (κ2) is 4.15. The predicted molar refractivity (Wildman–Crippen MR) is 63.4 cm³/mol. The molecule has 9 heteroatoms. The van der Waals surface area contributed by atoms with Crippen LogP contribution in [0, 0.1) is 0 Å². The summed E-state index contributed by atoms with van der Waals surface area (Å²) in [5, 5.41) is 11.2. The molecule has 3 heterocycles. The monoisotopic (exact) mass is 280 g/mol. The molecule has 20 heavy (non-hydrogen) atoms. The Morgan fingerprint density at radius 1 is 1.20 bits per heavy atom. The van der Waals surface area contributed by atoms with E-state index in [1.54, 1.807) is 0 Å². The van der Waals surface area contributed by atoms with Crippen LogP contribution in [0.3, 0.4) is 0 Å². The van der Waals surface area contributed by atoms with Crippen LogP contribution in [0.2, 0.25) is 0 Å². The SMILES string of the molecule is Nc1nnc2cc(-c3ncccc3C(F)(F)F)cnn12. The summed E-state index contributed by atoms with van der Waals surface area (Å²) in [5.74, 6) is 0.0589. The number of alkyl halides is 3. The number of pyridine rings is 1. The van der Waals surface area contributed by atoms with Crippen molar-refractivity contribution in [3.63, 3.8) is 0 Å². The topological polar surface area (TPSA) is 82.0 Å². The first-order valence-electron chi connectivity index (χ1n) is 5.46. The zero-order chi connectivity index (χ0) is 14.3. The number of hydrogen-bond donors (Lipinski definition) is 1. The van der Waals surface area contributed by atoms with Crippen LogP contribution in [0.1, 0.15) is 5.56 Å². The number of nitrogen functional groups attached to an aromatic ring is 1. The van der Waals surface area contributed by atoms with Crippen molar-refractivity contribution < 1.29 is 13.2 Å². The summed E-state index contributed by atoms with van der Waals surface area (Å²) < 4.78 is 40.0. The van der Waals surface area contributed by atoms with Crippen molar-refractivity contribution in [3.05, 3.63) is 36.2 Å². The number of nitrogens with two attached hydrogens (primary N) is 1. The second-order valence-corrected chi connectivity index (χ2v) is 3.97. The lowest BCUT2D eigenvalue weighted by Crippen LogP contribution is -2.08. The van der Waals surface area contributed by atoms with Crippen LogP contribution in [0.4, 0.5) is 19.1 Å². The molecule has 102 valence electrons. The molecule has 0 bridgehead atoms. The molecule has 0 saturated heterocycles. The molecule has 0 aliphatic rings. The molecule has 0 aliphatic heterocycles. The Balaban J connectivity index is 2.21. The third-order valence-corrected chi connectivity index (χ3v) is 2.67. The summed E-state index contributed by atoms with van der Waals surface area (Å²) in [6, 6.07) is 3.59. The average molecular weight is 280 g/mol. The lowest BCUT2D eigenvalue weighted by Gasteiger charge is -2.11. The number of anilines is 1. The summed E-state index contributed by atoms with van der Waals surface area (Å²) >= 11 is 0. The highest BCUT2D eigenvalue weighted by molar-refractivity contribution is 5.66. The molecule has 0 aromatic carbocycles. The molecule has 3 rings (SSSR count). The van der Waals surface area contributed by atoms with E-state index >= 15 is 0 Å². The van der Waals surface area contributed by atoms with Gasteiger partial charge in [0, 0.05) is 11.8 Å². The molecule has 0 spiro atoms. The first-order chi connectivity index (χ1) is 9.47. The van der Waals surface area contributed by atoms with Gasteiger partial charge in [0.25, 0.3) is 0 Å². The summed E-state index contributed by atoms with van der Waals surface area (Å²) in [7, 11) is 0. The van der Waals surface area contributed by atoms with Crippen molar-refractivity contribution in [2.45, 2.75) is 6.18 Å². The molecule has 2 N–H and O–H groups in total. The van der Waals surface area contributed by atoms with Gasteiger partial charge >= 0.3 is 6.18 Å². The molecule has 3 aromatic heterocycles. The van der Waals surface area contributed by atoms with E-state index in [9.17, 15) is 13.2 Å². The predicted octanol–water partition coefficient (Wildman–Crippen LogP) is 1.79. The number of halogens is 3. The van der Waals surface area contributed by atoms with E-state index in [2.05, 4.69) is 20.3 Å². The summed E-state index contributed by atoms with van der Waals surface area (Å²) in [4.78, 5) is 3.78. The maximum atomic E-state index is 12.9. The maximum Gasteiger partial charge on any atom is 0.418 e. The number of nitrogens with zero attached hydrogens (tertiary/aromatic N) is 5. The summed E-state index contributed by atoms with van der Waals surface area (Å²) in [5.41, 5.74) is 4.89. The molecular weight excluding hydrogens is 273 g/mol. The first-order valence-corrected chi connectivity index (χ1v) is 5.46. The zero-order valence-corrected chi connectivity index (χ0v) is 9.83. The Labute approximate surface area is 110 Å². The van der Waals surface area contributed by atoms with Gasteiger partial charge in [-0.1, -0.05) is 0 Å². The van der Waals surface area contributed by atoms with E-state index in [0.29, 0.717) is 0 Å². The van der Waals surface area contributed by atoms with Crippen LogP contribution in [0.5, 0.6) is 0 Å². The Morgan fingerprint density at radius 3 is 2.75 bits per heavy atom. The van der Waals surface area contributed by atoms with E-state index in [0.717, 1.165) is 6.07 Å². The first kappa shape index (κ1) is 12.3. The van der Waals surface area contributed by atoms with Gasteiger partial charge in [-0.2, -0.15) is 22.8 Å². The Bertz CT molecular complexity index is 779. The normalized spacial score (nSPS) is 11.9. The van der Waals surface area contributed by atoms with Gasteiger partial charge in [0.05, 0.1) is 17.5 Å². The van der Waals surface area contributed by atoms with Crippen molar-refractivity contribution in [1.29, 1.82) is 0 Å². The van der Waals surface area contributed by atoms with Gasteiger partial charge in [0.15, 0.2) is 5.65 Å². The van der Waals surface area contributed by atoms with E-state index < -0.39 is 11.7 Å². The average Bonchev–Trinajstić information content (AvgIpc) is 2.79. The second-order valence-electron chi connectivity index (χ2n) is 3.97. The van der Waals surface area contributed by atoms with Crippen LogP contribution in [0.25, 0.3) is 16.9 Å². The fraction of sp³-hybridized carbons (Fsp3) is 0.0909. The molecule has 0 amide bonds. The minimum Gasteiger partial charge on any atom is -0.366 e. The fourth-order valence-corrected chi connectivity index (χ4v) is 1.80. The van der Waals surface area contributed by atoms with Crippen molar-refractivity contribution in [2.75, 3.05) is 5.73 Å². The van der Waals surface area contributed by atoms with Crippen LogP contribution in [-0.2, 0) is 6.18 Å². The minimum absolute atomic E-state index is 0.0589. The zero-order valence-electron chi connectivity index (χ0n) is 9.83. The highest BCUT2D eigenvalue weighted by Gasteiger charge is 2.34. The summed E-state index contributed by atoms with van der Waals surface area (Å²) in [6.45, 7) is 0. The maximum absolute atomic E-state index is 12.9. The standard InChI is InChI=1S/C11H7F3N6/c12-11(13,14)7-2-1-3-16-9(7)6-4-8-18-19-10(15)20(8)17-5-6/h1-5H,(H2,15,19). The molecule has 3 aromatic rings. The Morgan fingerprint density at radius 2 is 2.00 bits per heavy atom. The molecular formula is C11H7F3N6. The number of rotatable bonds is 1. The quantitative estimate of drug-likeness (QED) is 0.734. The van der Waals surface area contributed by atoms with E-state index in [1.807, 2.05) is 0 Å². The van der Waals surface area contributed by atoms with E-state index in [1.165, 1.54) is 29.0 Å². The number of fused-ring (bicyclic) bond motifs is 1. The van der Waals surface area contributed by atoms with Crippen molar-refractivity contribution in [2.24, 2.45) is 0 Å². The van der Waals surface area contributed by atoms with Gasteiger partial charge in [0.2, 0.25) is 5.95 Å². The van der Waals surface area contributed by atoms with Crippen LogP contribution < -0.4 is 5.73 Å². The largest absolute Gasteiger partial charge is 0.418 e. The number of aromatic nitrogens is 5. The van der Waals surface area contributed by atoms with Gasteiger partial charge in [-0.25, -0.2) is 0 Å². The molecule has 0 aliphatic carbocycles. The Kier molecular flexibility index (Phi) is 2.56. The van der Waals surface area contributed by atoms with Gasteiger partial charge in [-0.15, -0.1) is 10.2 Å². The molecule has 0 radical (unpaired) electrons. The van der Waals surface area contributed by atoms with Crippen molar-refractivity contribution in [1.82, 2.24) is 24.8 Å². The van der Waals surface area contributed by atoms with Gasteiger partial charge in [-0.05, 0) is 18.2 Å². The van der Waals surface area contributed by atoms with Crippen LogP contribution >= 0.6 is 0 Å². The van der Waals surface area contributed by atoms with Crippen molar-refractivity contribution in [3.8, 4) is 11.3 Å². The lowest BCUT2D eigenvalue weighted by atomic mass is 10.1. The van der Waals surface area contributed by atoms with Gasteiger partial charge in [0.1, 0.15) is 0 Å². The highest BCUT2D eigenvalue weighted by Crippen LogP contribution is 2.35. The Hall–Kier alpha value is -2.71. The third kappa shape index (κ3) is 1.92. The molecule has 6 nitrogen and oxygen atoms in total. The minimum atomic E-state index is -4.50.